The zero-order chi connectivity index (χ0) is 12.0. The van der Waals surface area contributed by atoms with Crippen molar-refractivity contribution in [2.24, 2.45) is 15.9 Å². The molecule has 1 atom stereocenters. The predicted molar refractivity (Wildman–Crippen MR) is 73.8 cm³/mol. The molecule has 88 valence electrons. The predicted octanol–water partition coefficient (Wildman–Crippen LogP) is 2.38. The summed E-state index contributed by atoms with van der Waals surface area (Å²) in [6.45, 7) is 4.32. The summed E-state index contributed by atoms with van der Waals surface area (Å²) >= 11 is 1.65. The molecule has 3 nitrogen and oxygen atoms in total. The molecule has 0 bridgehead atoms. The Morgan fingerprint density at radius 2 is 2.12 bits per heavy atom. The lowest BCUT2D eigenvalue weighted by Crippen LogP contribution is -2.31. The normalized spacial score (nSPS) is 22.4. The second kappa shape index (κ2) is 3.88. The molecule has 1 aliphatic carbocycles. The number of benzene rings is 1. The second-order valence-corrected chi connectivity index (χ2v) is 5.83. The van der Waals surface area contributed by atoms with Crippen molar-refractivity contribution in [1.29, 1.82) is 0 Å². The molecule has 0 fully saturated rings. The van der Waals surface area contributed by atoms with Crippen LogP contribution in [0.4, 0.5) is 0 Å². The Kier molecular flexibility index (Phi) is 2.47. The van der Waals surface area contributed by atoms with E-state index in [1.165, 1.54) is 22.3 Å². The maximum atomic E-state index is 5.74. The zero-order valence-corrected chi connectivity index (χ0v) is 10.8. The molecule has 1 unspecified atom stereocenters. The Morgan fingerprint density at radius 1 is 1.29 bits per heavy atom. The third-order valence-corrected chi connectivity index (χ3v) is 4.65. The molecule has 2 aliphatic rings. The number of hydrogen-bond donors (Lipinski definition) is 1. The van der Waals surface area contributed by atoms with Gasteiger partial charge in [0.15, 0.2) is 5.17 Å². The highest BCUT2D eigenvalue weighted by Crippen LogP contribution is 2.34. The molecule has 0 aromatic heterocycles. The van der Waals surface area contributed by atoms with E-state index in [0.717, 1.165) is 18.6 Å². The van der Waals surface area contributed by atoms with Crippen LogP contribution < -0.4 is 5.73 Å². The average molecular weight is 245 g/mol. The van der Waals surface area contributed by atoms with Crippen molar-refractivity contribution in [2.75, 3.05) is 0 Å². The van der Waals surface area contributed by atoms with Gasteiger partial charge in [-0.1, -0.05) is 23.9 Å². The maximum Gasteiger partial charge on any atom is 0.181 e. The first-order valence-electron chi connectivity index (χ1n) is 5.84. The Labute approximate surface area is 105 Å². The molecule has 0 amide bonds. The van der Waals surface area contributed by atoms with Crippen LogP contribution in [0.2, 0.25) is 0 Å². The first kappa shape index (κ1) is 10.8. The van der Waals surface area contributed by atoms with Gasteiger partial charge in [-0.15, -0.1) is 5.10 Å². The minimum absolute atomic E-state index is 0.389. The molecule has 3 rings (SSSR count). The van der Waals surface area contributed by atoms with E-state index in [2.05, 4.69) is 36.2 Å². The minimum atomic E-state index is 0.389. The Morgan fingerprint density at radius 3 is 2.94 bits per heavy atom. The number of fused-ring (bicyclic) bond motifs is 3. The average Bonchev–Trinajstić information content (AvgIpc) is 2.33. The van der Waals surface area contributed by atoms with Gasteiger partial charge >= 0.3 is 0 Å². The summed E-state index contributed by atoms with van der Waals surface area (Å²) in [7, 11) is 0. The molecular weight excluding hydrogens is 230 g/mol. The summed E-state index contributed by atoms with van der Waals surface area (Å²) < 4.78 is 0. The van der Waals surface area contributed by atoms with E-state index < -0.39 is 0 Å². The zero-order valence-electron chi connectivity index (χ0n) is 10.0. The van der Waals surface area contributed by atoms with Crippen LogP contribution in [0.25, 0.3) is 0 Å². The molecule has 1 heterocycles. The number of hydrogen-bond acceptors (Lipinski definition) is 4. The summed E-state index contributed by atoms with van der Waals surface area (Å²) in [5.74, 6) is 0. The van der Waals surface area contributed by atoms with Gasteiger partial charge in [-0.25, -0.2) is 0 Å². The van der Waals surface area contributed by atoms with Gasteiger partial charge in [0.05, 0.1) is 11.0 Å². The summed E-state index contributed by atoms with van der Waals surface area (Å²) in [6.07, 6.45) is 2.22. The fourth-order valence-corrected chi connectivity index (χ4v) is 3.41. The molecule has 4 heteroatoms. The van der Waals surface area contributed by atoms with E-state index in [1.54, 1.807) is 11.8 Å². The fraction of sp³-hybridized carbons (Fsp3) is 0.385. The van der Waals surface area contributed by atoms with Crippen LogP contribution in [-0.4, -0.2) is 16.1 Å². The highest BCUT2D eigenvalue weighted by Gasteiger charge is 2.30. The molecule has 1 aromatic carbocycles. The van der Waals surface area contributed by atoms with Gasteiger partial charge in [0.1, 0.15) is 0 Å². The van der Waals surface area contributed by atoms with Gasteiger partial charge < -0.3 is 5.73 Å². The van der Waals surface area contributed by atoms with Crippen molar-refractivity contribution in [3.05, 3.63) is 34.4 Å². The topological polar surface area (TPSA) is 50.7 Å². The smallest absolute Gasteiger partial charge is 0.181 e. The van der Waals surface area contributed by atoms with E-state index in [0.29, 0.717) is 10.4 Å². The lowest BCUT2D eigenvalue weighted by atomic mass is 9.85. The Balaban J connectivity index is 2.20. The standard InChI is InChI=1S/C13H15N3S/c1-7-3-4-9-5-6-10-12(11(9)8(7)2)15-16-13(14)17-10/h3-4,10H,5-6H2,1-2H3,(H2,14,16). The summed E-state index contributed by atoms with van der Waals surface area (Å²) in [6, 6.07) is 4.42. The van der Waals surface area contributed by atoms with Crippen LogP contribution in [0.1, 0.15) is 28.7 Å². The minimum Gasteiger partial charge on any atom is -0.377 e. The van der Waals surface area contributed by atoms with Gasteiger partial charge in [0, 0.05) is 5.56 Å². The first-order valence-corrected chi connectivity index (χ1v) is 6.72. The monoisotopic (exact) mass is 245 g/mol. The maximum absolute atomic E-state index is 5.74. The van der Waals surface area contributed by atoms with Crippen LogP contribution in [0, 0.1) is 13.8 Å². The summed E-state index contributed by atoms with van der Waals surface area (Å²) in [4.78, 5) is 0. The van der Waals surface area contributed by atoms with Gasteiger partial charge in [-0.2, -0.15) is 5.10 Å². The van der Waals surface area contributed by atoms with E-state index in [1.807, 2.05) is 0 Å². The van der Waals surface area contributed by atoms with Crippen molar-refractivity contribution in [1.82, 2.24) is 0 Å². The number of amidine groups is 1. The molecular formula is C13H15N3S. The van der Waals surface area contributed by atoms with Gasteiger partial charge in [-0.05, 0) is 43.4 Å². The quantitative estimate of drug-likeness (QED) is 0.763. The summed E-state index contributed by atoms with van der Waals surface area (Å²) in [5, 5.41) is 9.34. The molecule has 0 spiro atoms. The number of aryl methyl sites for hydroxylation is 2. The van der Waals surface area contributed by atoms with Crippen LogP contribution in [0.3, 0.4) is 0 Å². The molecule has 0 radical (unpaired) electrons. The summed E-state index contributed by atoms with van der Waals surface area (Å²) in [5.41, 5.74) is 12.2. The Hall–Kier alpha value is -1.29. The second-order valence-electron chi connectivity index (χ2n) is 4.61. The highest BCUT2D eigenvalue weighted by molar-refractivity contribution is 8.15. The molecule has 0 saturated carbocycles. The van der Waals surface area contributed by atoms with Crippen molar-refractivity contribution >= 4 is 22.6 Å². The largest absolute Gasteiger partial charge is 0.377 e. The van der Waals surface area contributed by atoms with E-state index >= 15 is 0 Å². The van der Waals surface area contributed by atoms with Crippen LogP contribution >= 0.6 is 11.8 Å². The molecule has 0 saturated heterocycles. The Bertz CT molecular complexity index is 546. The molecule has 1 aliphatic heterocycles. The van der Waals surface area contributed by atoms with Crippen LogP contribution in [-0.2, 0) is 6.42 Å². The number of rotatable bonds is 0. The van der Waals surface area contributed by atoms with Gasteiger partial charge in [-0.3, -0.25) is 0 Å². The van der Waals surface area contributed by atoms with Crippen LogP contribution in [0.15, 0.2) is 22.3 Å². The molecule has 17 heavy (non-hydrogen) atoms. The van der Waals surface area contributed by atoms with Crippen molar-refractivity contribution in [2.45, 2.75) is 31.9 Å². The number of nitrogens with zero attached hydrogens (tertiary/aromatic N) is 2. The first-order chi connectivity index (χ1) is 8.16. The third kappa shape index (κ3) is 1.67. The fourth-order valence-electron chi connectivity index (χ4n) is 2.52. The number of thioether (sulfide) groups is 1. The molecule has 1 aromatic rings. The van der Waals surface area contributed by atoms with E-state index in [4.69, 9.17) is 5.73 Å². The number of nitrogens with two attached hydrogens (primary N) is 1. The van der Waals surface area contributed by atoms with Crippen molar-refractivity contribution in [3.63, 3.8) is 0 Å². The van der Waals surface area contributed by atoms with E-state index in [-0.39, 0.29) is 0 Å². The SMILES string of the molecule is Cc1ccc2c(c1C)C1=NN=C(N)SC1CC2. The van der Waals surface area contributed by atoms with Gasteiger partial charge in [0.25, 0.3) is 0 Å². The lowest BCUT2D eigenvalue weighted by molar-refractivity contribution is 0.842. The van der Waals surface area contributed by atoms with Crippen molar-refractivity contribution < 1.29 is 0 Å². The molecule has 2 N–H and O–H groups in total. The van der Waals surface area contributed by atoms with E-state index in [9.17, 15) is 0 Å². The lowest BCUT2D eigenvalue weighted by Gasteiger charge is -2.29. The highest BCUT2D eigenvalue weighted by atomic mass is 32.2. The van der Waals surface area contributed by atoms with Crippen molar-refractivity contribution in [3.8, 4) is 0 Å². The van der Waals surface area contributed by atoms with Gasteiger partial charge in [0.2, 0.25) is 0 Å². The third-order valence-electron chi connectivity index (χ3n) is 3.58. The van der Waals surface area contributed by atoms with Crippen LogP contribution in [0.5, 0.6) is 0 Å².